The van der Waals surface area contributed by atoms with Gasteiger partial charge in [-0.2, -0.15) is 13.2 Å². The Labute approximate surface area is 147 Å². The third kappa shape index (κ3) is 6.49. The second-order valence-corrected chi connectivity index (χ2v) is 6.42. The first-order valence-corrected chi connectivity index (χ1v) is 8.80. The molecule has 1 aliphatic heterocycles. The first-order valence-electron chi connectivity index (χ1n) is 8.80. The summed E-state index contributed by atoms with van der Waals surface area (Å²) < 4.78 is 43.9. The van der Waals surface area contributed by atoms with Crippen molar-refractivity contribution >= 4 is 5.69 Å². The monoisotopic (exact) mass is 360 g/mol. The summed E-state index contributed by atoms with van der Waals surface area (Å²) in [6.45, 7) is 6.32. The Bertz CT molecular complexity index is 517. The standard InChI is InChI=1S/C18H27F3N2O2/c1-2-3-11-25-14-17(24)13-22-7-9-23(10-8-22)16-6-4-5-15(12-16)18(19,20)21/h4-6,12,17,24H,2-3,7-11,13-14H2,1H3/t17-/m0/s1. The molecule has 1 N–H and O–H groups in total. The van der Waals surface area contributed by atoms with Crippen LogP contribution in [0, 0.1) is 0 Å². The molecule has 7 heteroatoms. The third-order valence-electron chi connectivity index (χ3n) is 4.33. The lowest BCUT2D eigenvalue weighted by atomic mass is 10.1. The number of piperazine rings is 1. The third-order valence-corrected chi connectivity index (χ3v) is 4.33. The molecule has 1 saturated heterocycles. The molecule has 0 amide bonds. The maximum Gasteiger partial charge on any atom is 0.416 e. The van der Waals surface area contributed by atoms with E-state index < -0.39 is 17.8 Å². The van der Waals surface area contributed by atoms with Crippen LogP contribution in [0.5, 0.6) is 0 Å². The molecule has 142 valence electrons. The summed E-state index contributed by atoms with van der Waals surface area (Å²) in [5, 5.41) is 10.0. The van der Waals surface area contributed by atoms with E-state index in [2.05, 4.69) is 11.8 Å². The minimum atomic E-state index is -4.32. The largest absolute Gasteiger partial charge is 0.416 e. The predicted octanol–water partition coefficient (Wildman–Crippen LogP) is 3.01. The van der Waals surface area contributed by atoms with Gasteiger partial charge in [0.1, 0.15) is 0 Å². The Kier molecular flexibility index (Phi) is 7.53. The molecule has 0 aliphatic carbocycles. The zero-order chi connectivity index (χ0) is 18.3. The average Bonchev–Trinajstić information content (AvgIpc) is 2.59. The summed E-state index contributed by atoms with van der Waals surface area (Å²) in [5.74, 6) is 0. The van der Waals surface area contributed by atoms with Crippen molar-refractivity contribution in [3.8, 4) is 0 Å². The van der Waals surface area contributed by atoms with Crippen LogP contribution in [0.15, 0.2) is 24.3 Å². The lowest BCUT2D eigenvalue weighted by molar-refractivity contribution is -0.137. The summed E-state index contributed by atoms with van der Waals surface area (Å²) in [4.78, 5) is 4.08. The van der Waals surface area contributed by atoms with Gasteiger partial charge in [-0.1, -0.05) is 19.4 Å². The Morgan fingerprint density at radius 1 is 1.20 bits per heavy atom. The van der Waals surface area contributed by atoms with Crippen molar-refractivity contribution in [2.75, 3.05) is 50.8 Å². The van der Waals surface area contributed by atoms with E-state index >= 15 is 0 Å². The molecule has 2 rings (SSSR count). The van der Waals surface area contributed by atoms with Crippen molar-refractivity contribution in [3.63, 3.8) is 0 Å². The van der Waals surface area contributed by atoms with Crippen LogP contribution in [0.1, 0.15) is 25.3 Å². The summed E-state index contributed by atoms with van der Waals surface area (Å²) in [6, 6.07) is 5.45. The number of aliphatic hydroxyl groups is 1. The SMILES string of the molecule is CCCCOC[C@@H](O)CN1CCN(c2cccc(C(F)(F)F)c2)CC1. The molecule has 1 atom stereocenters. The normalized spacial score (nSPS) is 17.7. The molecule has 0 bridgehead atoms. The van der Waals surface area contributed by atoms with E-state index in [0.717, 1.165) is 18.9 Å². The van der Waals surface area contributed by atoms with Crippen molar-refractivity contribution in [2.24, 2.45) is 0 Å². The summed E-state index contributed by atoms with van der Waals surface area (Å²) in [5.41, 5.74) is -0.0231. The number of unbranched alkanes of at least 4 members (excludes halogenated alkanes) is 1. The maximum atomic E-state index is 12.8. The van der Waals surface area contributed by atoms with Gasteiger partial charge in [0, 0.05) is 45.0 Å². The maximum absolute atomic E-state index is 12.8. The molecule has 1 fully saturated rings. The van der Waals surface area contributed by atoms with E-state index in [1.54, 1.807) is 6.07 Å². The Hall–Kier alpha value is -1.31. The summed E-state index contributed by atoms with van der Waals surface area (Å²) >= 11 is 0. The number of alkyl halides is 3. The number of ether oxygens (including phenoxy) is 1. The number of halogens is 3. The van der Waals surface area contributed by atoms with Crippen LogP contribution in [0.3, 0.4) is 0 Å². The topological polar surface area (TPSA) is 35.9 Å². The molecule has 25 heavy (non-hydrogen) atoms. The Balaban J connectivity index is 1.78. The van der Waals surface area contributed by atoms with Crippen molar-refractivity contribution in [3.05, 3.63) is 29.8 Å². The van der Waals surface area contributed by atoms with Crippen LogP contribution in [0.4, 0.5) is 18.9 Å². The Morgan fingerprint density at radius 2 is 1.92 bits per heavy atom. The van der Waals surface area contributed by atoms with Crippen LogP contribution >= 0.6 is 0 Å². The van der Waals surface area contributed by atoms with Crippen LogP contribution in [-0.4, -0.2) is 62.0 Å². The molecule has 0 unspecified atom stereocenters. The molecule has 0 saturated carbocycles. The highest BCUT2D eigenvalue weighted by molar-refractivity contribution is 5.49. The summed E-state index contributed by atoms with van der Waals surface area (Å²) in [6.07, 6.45) is -2.80. The number of hydrogen-bond donors (Lipinski definition) is 1. The molecule has 0 spiro atoms. The molecule has 1 heterocycles. The first kappa shape index (κ1) is 20.0. The number of benzene rings is 1. The van der Waals surface area contributed by atoms with Crippen molar-refractivity contribution < 1.29 is 23.0 Å². The van der Waals surface area contributed by atoms with E-state index in [1.807, 2.05) is 4.90 Å². The quantitative estimate of drug-likeness (QED) is 0.723. The second-order valence-electron chi connectivity index (χ2n) is 6.42. The van der Waals surface area contributed by atoms with Gasteiger partial charge >= 0.3 is 6.18 Å². The van der Waals surface area contributed by atoms with Crippen molar-refractivity contribution in [2.45, 2.75) is 32.0 Å². The fraction of sp³-hybridized carbons (Fsp3) is 0.667. The Morgan fingerprint density at radius 3 is 2.56 bits per heavy atom. The predicted molar refractivity (Wildman–Crippen MR) is 91.8 cm³/mol. The van der Waals surface area contributed by atoms with E-state index in [-0.39, 0.29) is 0 Å². The van der Waals surface area contributed by atoms with Gasteiger partial charge in [0.25, 0.3) is 0 Å². The zero-order valence-electron chi connectivity index (χ0n) is 14.6. The second kappa shape index (κ2) is 9.40. The van der Waals surface area contributed by atoms with Gasteiger partial charge in [-0.25, -0.2) is 0 Å². The minimum absolute atomic E-state index is 0.327. The van der Waals surface area contributed by atoms with Gasteiger partial charge in [-0.05, 0) is 24.6 Å². The molecule has 1 aromatic carbocycles. The molecular weight excluding hydrogens is 333 g/mol. The number of rotatable bonds is 8. The van der Waals surface area contributed by atoms with E-state index in [9.17, 15) is 18.3 Å². The van der Waals surface area contributed by atoms with Crippen LogP contribution < -0.4 is 4.90 Å². The van der Waals surface area contributed by atoms with Gasteiger partial charge in [-0.3, -0.25) is 4.90 Å². The van der Waals surface area contributed by atoms with Gasteiger partial charge in [0.15, 0.2) is 0 Å². The van der Waals surface area contributed by atoms with E-state index in [4.69, 9.17) is 4.74 Å². The molecular formula is C18H27F3N2O2. The highest BCUT2D eigenvalue weighted by Gasteiger charge is 2.31. The van der Waals surface area contributed by atoms with E-state index in [1.165, 1.54) is 12.1 Å². The lowest BCUT2D eigenvalue weighted by Crippen LogP contribution is -2.49. The number of β-amino-alcohol motifs (C(OH)–C–C–N with tert-alkyl or cyclic N) is 1. The fourth-order valence-corrected chi connectivity index (χ4v) is 2.88. The molecule has 0 radical (unpaired) electrons. The minimum Gasteiger partial charge on any atom is -0.389 e. The molecule has 1 aromatic rings. The number of anilines is 1. The van der Waals surface area contributed by atoms with Crippen LogP contribution in [0.25, 0.3) is 0 Å². The van der Waals surface area contributed by atoms with Crippen LogP contribution in [0.2, 0.25) is 0 Å². The number of hydrogen-bond acceptors (Lipinski definition) is 4. The van der Waals surface area contributed by atoms with Crippen LogP contribution in [-0.2, 0) is 10.9 Å². The smallest absolute Gasteiger partial charge is 0.389 e. The average molecular weight is 360 g/mol. The molecule has 0 aromatic heterocycles. The lowest BCUT2D eigenvalue weighted by Gasteiger charge is -2.37. The summed E-state index contributed by atoms with van der Waals surface area (Å²) in [7, 11) is 0. The van der Waals surface area contributed by atoms with Gasteiger partial charge in [-0.15, -0.1) is 0 Å². The number of aliphatic hydroxyl groups excluding tert-OH is 1. The highest BCUT2D eigenvalue weighted by atomic mass is 19.4. The highest BCUT2D eigenvalue weighted by Crippen LogP contribution is 2.31. The number of nitrogens with zero attached hydrogens (tertiary/aromatic N) is 2. The van der Waals surface area contributed by atoms with Crippen molar-refractivity contribution in [1.29, 1.82) is 0 Å². The van der Waals surface area contributed by atoms with Crippen molar-refractivity contribution in [1.82, 2.24) is 4.90 Å². The van der Waals surface area contributed by atoms with Gasteiger partial charge < -0.3 is 14.7 Å². The molecule has 1 aliphatic rings. The fourth-order valence-electron chi connectivity index (χ4n) is 2.88. The zero-order valence-corrected chi connectivity index (χ0v) is 14.6. The molecule has 4 nitrogen and oxygen atoms in total. The van der Waals surface area contributed by atoms with E-state index in [0.29, 0.717) is 51.6 Å². The van der Waals surface area contributed by atoms with Gasteiger partial charge in [0.2, 0.25) is 0 Å². The first-order chi connectivity index (χ1) is 11.9. The van der Waals surface area contributed by atoms with Gasteiger partial charge in [0.05, 0.1) is 18.3 Å².